The number of carbonyl (C=O) groups excluding carboxylic acids is 2. The molecule has 0 spiro atoms. The maximum absolute atomic E-state index is 12.4. The number of piperidine rings is 1. The average molecular weight is 359 g/mol. The molecular weight excluding hydrogens is 334 g/mol. The van der Waals surface area contributed by atoms with E-state index in [1.54, 1.807) is 31.1 Å². The maximum Gasteiger partial charge on any atom is 0.375 e. The fourth-order valence-electron chi connectivity index (χ4n) is 3.67. The monoisotopic (exact) mass is 359 g/mol. The molecule has 0 saturated carbocycles. The number of furan rings is 1. The number of aryl methyl sites for hydroxylation is 1. The van der Waals surface area contributed by atoms with Gasteiger partial charge in [-0.25, -0.2) is 4.79 Å². The van der Waals surface area contributed by atoms with E-state index in [0.29, 0.717) is 41.8 Å². The van der Waals surface area contributed by atoms with Gasteiger partial charge in [0.2, 0.25) is 5.76 Å². The first-order valence-corrected chi connectivity index (χ1v) is 8.91. The topological polar surface area (TPSA) is 69.0 Å². The second-order valence-electron chi connectivity index (χ2n) is 7.24. The normalized spacial score (nSPS) is 20.2. The van der Waals surface area contributed by atoms with Crippen LogP contribution in [0.25, 0.3) is 11.0 Å². The van der Waals surface area contributed by atoms with Gasteiger partial charge in [0.25, 0.3) is 5.91 Å². The van der Waals surface area contributed by atoms with Crippen molar-refractivity contribution in [1.29, 1.82) is 0 Å². The molecule has 2 atom stereocenters. The molecule has 1 aromatic heterocycles. The first-order valence-electron chi connectivity index (χ1n) is 8.91. The van der Waals surface area contributed by atoms with E-state index in [0.717, 1.165) is 11.8 Å². The van der Waals surface area contributed by atoms with E-state index in [-0.39, 0.29) is 18.3 Å². The van der Waals surface area contributed by atoms with Gasteiger partial charge in [-0.2, -0.15) is 0 Å². The van der Waals surface area contributed by atoms with E-state index in [9.17, 15) is 9.59 Å². The van der Waals surface area contributed by atoms with Crippen LogP contribution in [-0.4, -0.2) is 43.6 Å². The highest BCUT2D eigenvalue weighted by Gasteiger charge is 2.27. The Balaban J connectivity index is 1.67. The molecular formula is C20H25NO5. The van der Waals surface area contributed by atoms with E-state index < -0.39 is 5.97 Å². The number of fused-ring (bicyclic) bond motifs is 1. The van der Waals surface area contributed by atoms with Crippen LogP contribution in [-0.2, 0) is 9.53 Å². The highest BCUT2D eigenvalue weighted by molar-refractivity contribution is 5.97. The lowest BCUT2D eigenvalue weighted by atomic mass is 9.92. The molecule has 1 fully saturated rings. The zero-order valence-corrected chi connectivity index (χ0v) is 15.7. The predicted octanol–water partition coefficient (Wildman–Crippen LogP) is 3.41. The lowest BCUT2D eigenvalue weighted by Crippen LogP contribution is -2.44. The quantitative estimate of drug-likeness (QED) is 0.783. The molecule has 1 saturated heterocycles. The van der Waals surface area contributed by atoms with E-state index in [1.165, 1.54) is 0 Å². The predicted molar refractivity (Wildman–Crippen MR) is 97.3 cm³/mol. The molecule has 1 aliphatic heterocycles. The van der Waals surface area contributed by atoms with Crippen molar-refractivity contribution in [2.75, 3.05) is 26.8 Å². The summed E-state index contributed by atoms with van der Waals surface area (Å²) in [4.78, 5) is 26.5. The summed E-state index contributed by atoms with van der Waals surface area (Å²) in [6.07, 6.45) is 1.12. The molecule has 0 bridgehead atoms. The van der Waals surface area contributed by atoms with Gasteiger partial charge in [0.1, 0.15) is 11.3 Å². The second kappa shape index (κ2) is 7.40. The van der Waals surface area contributed by atoms with E-state index >= 15 is 0 Å². The van der Waals surface area contributed by atoms with Crippen molar-refractivity contribution in [3.63, 3.8) is 0 Å². The smallest absolute Gasteiger partial charge is 0.375 e. The summed E-state index contributed by atoms with van der Waals surface area (Å²) in [5.41, 5.74) is 1.26. The van der Waals surface area contributed by atoms with E-state index in [2.05, 4.69) is 13.8 Å². The minimum Gasteiger partial charge on any atom is -0.497 e. The van der Waals surface area contributed by atoms with Crippen molar-refractivity contribution in [1.82, 2.24) is 4.90 Å². The summed E-state index contributed by atoms with van der Waals surface area (Å²) in [6.45, 7) is 7.21. The van der Waals surface area contributed by atoms with Crippen molar-refractivity contribution in [2.24, 2.45) is 11.8 Å². The van der Waals surface area contributed by atoms with Gasteiger partial charge >= 0.3 is 5.97 Å². The number of esters is 1. The average Bonchev–Trinajstić information content (AvgIpc) is 2.94. The molecule has 1 aliphatic rings. The van der Waals surface area contributed by atoms with Crippen LogP contribution in [0, 0.1) is 18.8 Å². The number of ether oxygens (including phenoxy) is 2. The Morgan fingerprint density at radius 3 is 2.58 bits per heavy atom. The van der Waals surface area contributed by atoms with Crippen LogP contribution in [0.5, 0.6) is 5.75 Å². The number of rotatable bonds is 4. The summed E-state index contributed by atoms with van der Waals surface area (Å²) in [5, 5.41) is 0.793. The van der Waals surface area contributed by atoms with Crippen LogP contribution in [0.15, 0.2) is 22.6 Å². The molecule has 0 N–H and O–H groups in total. The van der Waals surface area contributed by atoms with Gasteiger partial charge in [-0.1, -0.05) is 13.8 Å². The summed E-state index contributed by atoms with van der Waals surface area (Å²) >= 11 is 0. The fraction of sp³-hybridized carbons (Fsp3) is 0.500. The zero-order valence-electron chi connectivity index (χ0n) is 15.7. The van der Waals surface area contributed by atoms with Gasteiger partial charge < -0.3 is 18.8 Å². The molecule has 26 heavy (non-hydrogen) atoms. The molecule has 0 radical (unpaired) electrons. The molecule has 1 aromatic carbocycles. The van der Waals surface area contributed by atoms with Gasteiger partial charge in [0, 0.05) is 24.0 Å². The van der Waals surface area contributed by atoms with Gasteiger partial charge in [-0.05, 0) is 43.4 Å². The Morgan fingerprint density at radius 2 is 1.92 bits per heavy atom. The van der Waals surface area contributed by atoms with Crippen molar-refractivity contribution >= 4 is 22.8 Å². The molecule has 1 amide bonds. The van der Waals surface area contributed by atoms with E-state index in [1.807, 2.05) is 6.07 Å². The Bertz CT molecular complexity index is 815. The number of methoxy groups -OCH3 is 1. The molecule has 6 heteroatoms. The standard InChI is InChI=1S/C20H25NO5/c1-12-7-13(2)10-21(9-12)18(22)11-25-20(23)19-14(3)16-8-15(24-4)5-6-17(16)26-19/h5-6,8,12-13H,7,9-11H2,1-4H3/t12-,13-/m0/s1. The number of benzene rings is 1. The number of likely N-dealkylation sites (tertiary alicyclic amines) is 1. The third kappa shape index (κ3) is 3.69. The number of hydrogen-bond acceptors (Lipinski definition) is 5. The van der Waals surface area contributed by atoms with Crippen LogP contribution < -0.4 is 4.74 Å². The Morgan fingerprint density at radius 1 is 1.23 bits per heavy atom. The first-order chi connectivity index (χ1) is 12.4. The third-order valence-corrected chi connectivity index (χ3v) is 4.88. The van der Waals surface area contributed by atoms with Crippen LogP contribution in [0.1, 0.15) is 36.4 Å². The fourth-order valence-corrected chi connectivity index (χ4v) is 3.67. The number of nitrogens with zero attached hydrogens (tertiary/aromatic N) is 1. The Labute approximate surface area is 153 Å². The SMILES string of the molecule is COc1ccc2oc(C(=O)OCC(=O)N3C[C@@H](C)C[C@H](C)C3)c(C)c2c1. The maximum atomic E-state index is 12.4. The van der Waals surface area contributed by atoms with Gasteiger partial charge in [0.15, 0.2) is 6.61 Å². The number of carbonyl (C=O) groups is 2. The van der Waals surface area contributed by atoms with Gasteiger partial charge in [-0.15, -0.1) is 0 Å². The van der Waals surface area contributed by atoms with Crippen molar-refractivity contribution in [3.8, 4) is 5.75 Å². The van der Waals surface area contributed by atoms with Crippen LogP contribution >= 0.6 is 0 Å². The zero-order chi connectivity index (χ0) is 18.8. The molecule has 3 rings (SSSR count). The molecule has 0 aliphatic carbocycles. The minimum atomic E-state index is -0.621. The van der Waals surface area contributed by atoms with Crippen LogP contribution in [0.3, 0.4) is 0 Å². The molecule has 6 nitrogen and oxygen atoms in total. The summed E-state index contributed by atoms with van der Waals surface area (Å²) in [5.74, 6) is 0.958. The largest absolute Gasteiger partial charge is 0.497 e. The van der Waals surface area contributed by atoms with Crippen LogP contribution in [0.2, 0.25) is 0 Å². The molecule has 0 unspecified atom stereocenters. The summed E-state index contributed by atoms with van der Waals surface area (Å²) in [7, 11) is 1.58. The van der Waals surface area contributed by atoms with Crippen molar-refractivity contribution in [3.05, 3.63) is 29.5 Å². The number of amides is 1. The summed E-state index contributed by atoms with van der Waals surface area (Å²) in [6, 6.07) is 5.33. The highest BCUT2D eigenvalue weighted by atomic mass is 16.5. The van der Waals surface area contributed by atoms with Gasteiger partial charge in [-0.3, -0.25) is 4.79 Å². The molecule has 2 aromatic rings. The van der Waals surface area contributed by atoms with Crippen molar-refractivity contribution < 1.29 is 23.5 Å². The third-order valence-electron chi connectivity index (χ3n) is 4.88. The van der Waals surface area contributed by atoms with E-state index in [4.69, 9.17) is 13.9 Å². The van der Waals surface area contributed by atoms with Gasteiger partial charge in [0.05, 0.1) is 7.11 Å². The van der Waals surface area contributed by atoms with Crippen molar-refractivity contribution in [2.45, 2.75) is 27.2 Å². The lowest BCUT2D eigenvalue weighted by Gasteiger charge is -2.34. The molecule has 2 heterocycles. The first kappa shape index (κ1) is 18.3. The van der Waals surface area contributed by atoms with Crippen LogP contribution in [0.4, 0.5) is 0 Å². The second-order valence-corrected chi connectivity index (χ2v) is 7.24. The summed E-state index contributed by atoms with van der Waals surface area (Å²) < 4.78 is 16.0. The minimum absolute atomic E-state index is 0.126. The number of hydrogen-bond donors (Lipinski definition) is 0. The Kier molecular flexibility index (Phi) is 5.20. The Hall–Kier alpha value is -2.50. The lowest BCUT2D eigenvalue weighted by molar-refractivity contribution is -0.137. The highest BCUT2D eigenvalue weighted by Crippen LogP contribution is 2.29. The molecule has 140 valence electrons.